The van der Waals surface area contributed by atoms with E-state index in [1.54, 1.807) is 13.0 Å². The number of aryl methyl sites for hydroxylation is 1. The van der Waals surface area contributed by atoms with E-state index in [4.69, 9.17) is 0 Å². The Hall–Kier alpha value is -2.48. The SMILES string of the molecule is Cc1cc(C(=O)N[C@H]2CCCNC2)nc2[nH]c(=O)[nH]c(=O)c12. The summed E-state index contributed by atoms with van der Waals surface area (Å²) in [5.41, 5.74) is -0.238. The molecule has 116 valence electrons. The zero-order valence-corrected chi connectivity index (χ0v) is 12.2. The number of nitrogens with one attached hydrogen (secondary N) is 4. The average Bonchev–Trinajstić information content (AvgIpc) is 2.47. The van der Waals surface area contributed by atoms with Crippen molar-refractivity contribution in [2.75, 3.05) is 13.1 Å². The molecule has 4 N–H and O–H groups in total. The lowest BCUT2D eigenvalue weighted by molar-refractivity contribution is 0.0926. The number of hydrogen-bond acceptors (Lipinski definition) is 5. The fourth-order valence-corrected chi connectivity index (χ4v) is 2.70. The van der Waals surface area contributed by atoms with Crippen LogP contribution in [0.4, 0.5) is 0 Å². The minimum absolute atomic E-state index is 0.0669. The molecular formula is C14H17N5O3. The van der Waals surface area contributed by atoms with Gasteiger partial charge >= 0.3 is 5.69 Å². The molecular weight excluding hydrogens is 286 g/mol. The van der Waals surface area contributed by atoms with Gasteiger partial charge in [-0.05, 0) is 37.9 Å². The lowest BCUT2D eigenvalue weighted by Gasteiger charge is -2.23. The summed E-state index contributed by atoms with van der Waals surface area (Å²) >= 11 is 0. The van der Waals surface area contributed by atoms with E-state index in [1.807, 2.05) is 0 Å². The monoisotopic (exact) mass is 303 g/mol. The van der Waals surface area contributed by atoms with Gasteiger partial charge in [-0.25, -0.2) is 9.78 Å². The van der Waals surface area contributed by atoms with E-state index in [1.165, 1.54) is 0 Å². The Morgan fingerprint density at radius 2 is 2.18 bits per heavy atom. The molecule has 1 fully saturated rings. The van der Waals surface area contributed by atoms with Gasteiger partial charge in [-0.15, -0.1) is 0 Å². The zero-order valence-electron chi connectivity index (χ0n) is 12.2. The molecule has 0 saturated carbocycles. The van der Waals surface area contributed by atoms with Crippen molar-refractivity contribution >= 4 is 16.9 Å². The fraction of sp³-hybridized carbons (Fsp3) is 0.429. The number of piperidine rings is 1. The minimum Gasteiger partial charge on any atom is -0.347 e. The van der Waals surface area contributed by atoms with Gasteiger partial charge in [-0.2, -0.15) is 0 Å². The first-order chi connectivity index (χ1) is 10.5. The Labute approximate surface area is 125 Å². The number of H-pyrrole nitrogens is 2. The van der Waals surface area contributed by atoms with Gasteiger partial charge in [0.25, 0.3) is 11.5 Å². The molecule has 3 rings (SSSR count). The topological polar surface area (TPSA) is 120 Å². The number of carbonyl (C=O) groups excluding carboxylic acids is 1. The molecule has 1 atom stereocenters. The number of rotatable bonds is 2. The van der Waals surface area contributed by atoms with Crippen LogP contribution in [0.2, 0.25) is 0 Å². The van der Waals surface area contributed by atoms with Crippen molar-refractivity contribution < 1.29 is 4.79 Å². The van der Waals surface area contributed by atoms with Crippen molar-refractivity contribution in [2.45, 2.75) is 25.8 Å². The zero-order chi connectivity index (χ0) is 15.7. The second-order valence-corrected chi connectivity index (χ2v) is 5.47. The lowest BCUT2D eigenvalue weighted by atomic mass is 10.1. The first-order valence-electron chi connectivity index (χ1n) is 7.20. The highest BCUT2D eigenvalue weighted by Crippen LogP contribution is 2.11. The fourth-order valence-electron chi connectivity index (χ4n) is 2.70. The van der Waals surface area contributed by atoms with Crippen molar-refractivity contribution in [1.82, 2.24) is 25.6 Å². The van der Waals surface area contributed by atoms with E-state index >= 15 is 0 Å². The van der Waals surface area contributed by atoms with Crippen LogP contribution in [0.15, 0.2) is 15.7 Å². The maximum Gasteiger partial charge on any atom is 0.327 e. The third-order valence-electron chi connectivity index (χ3n) is 3.77. The molecule has 22 heavy (non-hydrogen) atoms. The standard InChI is InChI=1S/C14H17N5O3/c1-7-5-9(12(20)16-8-3-2-4-15-6-8)17-11-10(7)13(21)19-14(22)18-11/h5,8,15H,2-4,6H2,1H3,(H,16,20)(H2,17,18,19,21,22)/t8-/m0/s1. The second-order valence-electron chi connectivity index (χ2n) is 5.47. The van der Waals surface area contributed by atoms with Gasteiger partial charge < -0.3 is 10.6 Å². The van der Waals surface area contributed by atoms with Crippen molar-refractivity contribution in [3.63, 3.8) is 0 Å². The van der Waals surface area contributed by atoms with E-state index < -0.39 is 11.2 Å². The molecule has 0 unspecified atom stereocenters. The normalized spacial score (nSPS) is 18.3. The van der Waals surface area contributed by atoms with Crippen molar-refractivity contribution in [1.29, 1.82) is 0 Å². The van der Waals surface area contributed by atoms with Crippen molar-refractivity contribution in [2.24, 2.45) is 0 Å². The maximum atomic E-state index is 12.3. The Morgan fingerprint density at radius 3 is 2.91 bits per heavy atom. The molecule has 1 amide bonds. The molecule has 3 heterocycles. The molecule has 0 aliphatic carbocycles. The Balaban J connectivity index is 1.95. The average molecular weight is 303 g/mol. The van der Waals surface area contributed by atoms with E-state index in [0.29, 0.717) is 5.56 Å². The Kier molecular flexibility index (Phi) is 3.76. The van der Waals surface area contributed by atoms with Crippen LogP contribution >= 0.6 is 0 Å². The van der Waals surface area contributed by atoms with Crippen molar-refractivity contribution in [3.8, 4) is 0 Å². The van der Waals surface area contributed by atoms with Gasteiger partial charge in [0.2, 0.25) is 0 Å². The Morgan fingerprint density at radius 1 is 1.36 bits per heavy atom. The Bertz CT molecular complexity index is 832. The van der Waals surface area contributed by atoms with Gasteiger partial charge in [-0.3, -0.25) is 19.6 Å². The van der Waals surface area contributed by atoms with Crippen LogP contribution in [0.5, 0.6) is 0 Å². The summed E-state index contributed by atoms with van der Waals surface area (Å²) in [5.74, 6) is -0.306. The molecule has 1 aliphatic rings. The molecule has 0 aromatic carbocycles. The van der Waals surface area contributed by atoms with E-state index in [-0.39, 0.29) is 28.7 Å². The molecule has 2 aromatic rings. The summed E-state index contributed by atoms with van der Waals surface area (Å²) in [6.45, 7) is 3.40. The molecule has 2 aromatic heterocycles. The highest BCUT2D eigenvalue weighted by Gasteiger charge is 2.18. The first kappa shape index (κ1) is 14.5. The minimum atomic E-state index is -0.640. The molecule has 8 nitrogen and oxygen atoms in total. The first-order valence-corrected chi connectivity index (χ1v) is 7.20. The van der Waals surface area contributed by atoms with Gasteiger partial charge in [0, 0.05) is 12.6 Å². The van der Waals surface area contributed by atoms with E-state index in [9.17, 15) is 14.4 Å². The number of aromatic nitrogens is 3. The van der Waals surface area contributed by atoms with E-state index in [0.717, 1.165) is 25.9 Å². The number of hydrogen-bond donors (Lipinski definition) is 4. The molecule has 0 spiro atoms. The van der Waals surface area contributed by atoms with Gasteiger partial charge in [0.05, 0.1) is 5.39 Å². The van der Waals surface area contributed by atoms with Crippen LogP contribution in [-0.4, -0.2) is 40.0 Å². The molecule has 0 bridgehead atoms. The summed E-state index contributed by atoms with van der Waals surface area (Å²) in [4.78, 5) is 44.2. The van der Waals surface area contributed by atoms with Crippen LogP contribution < -0.4 is 21.9 Å². The quantitative estimate of drug-likeness (QED) is 0.590. The van der Waals surface area contributed by atoms with Crippen LogP contribution in [0, 0.1) is 6.92 Å². The van der Waals surface area contributed by atoms with Crippen LogP contribution in [0.25, 0.3) is 11.0 Å². The predicted molar refractivity (Wildman–Crippen MR) is 81.1 cm³/mol. The van der Waals surface area contributed by atoms with E-state index in [2.05, 4.69) is 25.6 Å². The molecule has 8 heteroatoms. The van der Waals surface area contributed by atoms with Crippen LogP contribution in [0.3, 0.4) is 0 Å². The number of carbonyl (C=O) groups is 1. The van der Waals surface area contributed by atoms with Gasteiger partial charge in [0.15, 0.2) is 0 Å². The summed E-state index contributed by atoms with van der Waals surface area (Å²) in [7, 11) is 0. The highest BCUT2D eigenvalue weighted by atomic mass is 16.2. The van der Waals surface area contributed by atoms with Crippen LogP contribution in [-0.2, 0) is 0 Å². The third-order valence-corrected chi connectivity index (χ3v) is 3.77. The number of amides is 1. The summed E-state index contributed by atoms with van der Waals surface area (Å²) in [6, 6.07) is 1.62. The molecule has 1 saturated heterocycles. The number of pyridine rings is 1. The predicted octanol–water partition coefficient (Wildman–Crippen LogP) is -0.598. The number of fused-ring (bicyclic) bond motifs is 1. The van der Waals surface area contributed by atoms with Crippen molar-refractivity contribution in [3.05, 3.63) is 38.2 Å². The number of nitrogens with zero attached hydrogens (tertiary/aromatic N) is 1. The van der Waals surface area contributed by atoms with Crippen LogP contribution in [0.1, 0.15) is 28.9 Å². The summed E-state index contributed by atoms with van der Waals surface area (Å²) < 4.78 is 0. The smallest absolute Gasteiger partial charge is 0.327 e. The maximum absolute atomic E-state index is 12.3. The van der Waals surface area contributed by atoms with Gasteiger partial charge in [0.1, 0.15) is 11.3 Å². The third kappa shape index (κ3) is 2.77. The number of aromatic amines is 2. The second kappa shape index (κ2) is 5.72. The molecule has 1 aliphatic heterocycles. The summed E-state index contributed by atoms with van der Waals surface area (Å²) in [6.07, 6.45) is 1.93. The lowest BCUT2D eigenvalue weighted by Crippen LogP contribution is -2.45. The highest BCUT2D eigenvalue weighted by molar-refractivity contribution is 5.95. The van der Waals surface area contributed by atoms with Gasteiger partial charge in [-0.1, -0.05) is 0 Å². The largest absolute Gasteiger partial charge is 0.347 e. The molecule has 0 radical (unpaired) electrons. The summed E-state index contributed by atoms with van der Waals surface area (Å²) in [5, 5.41) is 6.42.